The molecule has 0 radical (unpaired) electrons. The van der Waals surface area contributed by atoms with Gasteiger partial charge in [0.15, 0.2) is 5.79 Å². The number of aliphatic hydroxyl groups is 1. The fourth-order valence-corrected chi connectivity index (χ4v) is 7.76. The van der Waals surface area contributed by atoms with Crippen molar-refractivity contribution in [2.24, 2.45) is 28.6 Å². The van der Waals surface area contributed by atoms with Crippen molar-refractivity contribution in [2.45, 2.75) is 76.6 Å². The minimum Gasteiger partial charge on any atom is -0.537 e. The number of hydrogen-bond donors (Lipinski definition) is 1. The third-order valence-electron chi connectivity index (χ3n) is 9.42. The Morgan fingerprint density at radius 1 is 1.10 bits per heavy atom. The summed E-state index contributed by atoms with van der Waals surface area (Å²) >= 11 is 0. The molecule has 6 atom stereocenters. The summed E-state index contributed by atoms with van der Waals surface area (Å²) in [5.74, 6) is 4.43. The van der Waals surface area contributed by atoms with Crippen LogP contribution in [-0.4, -0.2) is 35.7 Å². The molecule has 0 aromatic heterocycles. The molecule has 0 unspecified atom stereocenters. The first-order valence-electron chi connectivity index (χ1n) is 11.2. The van der Waals surface area contributed by atoms with Crippen LogP contribution in [0.2, 0.25) is 0 Å². The number of allylic oxidation sites excluding steroid dienone is 1. The van der Waals surface area contributed by atoms with Crippen LogP contribution in [0.25, 0.3) is 0 Å². The predicted molar refractivity (Wildman–Crippen MR) is 104 cm³/mol. The molecular formula is C24H31NaO5. The number of carboxylic acid groups (broad SMARTS) is 1. The summed E-state index contributed by atoms with van der Waals surface area (Å²) < 4.78 is 11.9. The van der Waals surface area contributed by atoms with E-state index in [1.165, 1.54) is 5.57 Å². The second kappa shape index (κ2) is 7.61. The van der Waals surface area contributed by atoms with Crippen LogP contribution in [0, 0.1) is 40.4 Å². The number of rotatable bonds is 0. The molecule has 5 aliphatic rings. The largest absolute Gasteiger partial charge is 1.00 e. The van der Waals surface area contributed by atoms with E-state index >= 15 is 0 Å². The van der Waals surface area contributed by atoms with Gasteiger partial charge in [-0.15, -0.1) is 0 Å². The molecular weight excluding hydrogens is 391 g/mol. The first-order valence-corrected chi connectivity index (χ1v) is 11.2. The molecule has 5 rings (SSSR count). The summed E-state index contributed by atoms with van der Waals surface area (Å²) in [6.45, 7) is 5.92. The molecule has 4 aliphatic carbocycles. The van der Waals surface area contributed by atoms with Crippen LogP contribution < -0.4 is 34.7 Å². The molecule has 1 saturated heterocycles. The van der Waals surface area contributed by atoms with Crippen molar-refractivity contribution in [3.8, 4) is 11.8 Å². The number of ether oxygens (including phenoxy) is 2. The van der Waals surface area contributed by atoms with Gasteiger partial charge in [0.05, 0.1) is 13.2 Å². The summed E-state index contributed by atoms with van der Waals surface area (Å²) in [6.07, 6.45) is 9.88. The van der Waals surface area contributed by atoms with E-state index in [0.717, 1.165) is 44.9 Å². The topological polar surface area (TPSA) is 78.8 Å². The molecule has 1 heterocycles. The van der Waals surface area contributed by atoms with E-state index in [9.17, 15) is 15.0 Å². The van der Waals surface area contributed by atoms with Crippen molar-refractivity contribution in [3.63, 3.8) is 0 Å². The Bertz CT molecular complexity index is 821. The average molecular weight is 422 g/mol. The minimum absolute atomic E-state index is 0. The van der Waals surface area contributed by atoms with E-state index in [1.807, 2.05) is 0 Å². The van der Waals surface area contributed by atoms with E-state index < -0.39 is 17.4 Å². The summed E-state index contributed by atoms with van der Waals surface area (Å²) in [7, 11) is 0. The number of carbonyl (C=O) groups excluding carboxylic acids is 1. The Balaban J connectivity index is 0.00000218. The van der Waals surface area contributed by atoms with E-state index in [-0.39, 0.29) is 40.4 Å². The Labute approximate surface area is 201 Å². The van der Waals surface area contributed by atoms with Crippen molar-refractivity contribution < 1.29 is 54.0 Å². The van der Waals surface area contributed by atoms with Crippen LogP contribution in [0.3, 0.4) is 0 Å². The molecule has 158 valence electrons. The van der Waals surface area contributed by atoms with Crippen LogP contribution in [0.5, 0.6) is 0 Å². The van der Waals surface area contributed by atoms with Gasteiger partial charge in [0.2, 0.25) is 0 Å². The summed E-state index contributed by atoms with van der Waals surface area (Å²) in [4.78, 5) is 10.9. The maximum absolute atomic E-state index is 11.3. The van der Waals surface area contributed by atoms with Crippen molar-refractivity contribution in [3.05, 3.63) is 11.6 Å². The maximum Gasteiger partial charge on any atom is 1.00 e. The van der Waals surface area contributed by atoms with Crippen LogP contribution in [0.4, 0.5) is 0 Å². The van der Waals surface area contributed by atoms with E-state index in [4.69, 9.17) is 9.47 Å². The van der Waals surface area contributed by atoms with Crippen LogP contribution in [0.1, 0.15) is 65.2 Å². The molecule has 1 aliphatic heterocycles. The monoisotopic (exact) mass is 422 g/mol. The second-order valence-corrected chi connectivity index (χ2v) is 10.4. The molecule has 6 heteroatoms. The van der Waals surface area contributed by atoms with Crippen molar-refractivity contribution >= 4 is 5.97 Å². The molecule has 0 aromatic carbocycles. The fourth-order valence-electron chi connectivity index (χ4n) is 7.76. The van der Waals surface area contributed by atoms with E-state index in [0.29, 0.717) is 37.4 Å². The van der Waals surface area contributed by atoms with Gasteiger partial charge in [0.1, 0.15) is 11.6 Å². The molecule has 1 N–H and O–H groups in total. The normalized spacial score (nSPS) is 45.8. The van der Waals surface area contributed by atoms with Gasteiger partial charge in [0.25, 0.3) is 0 Å². The van der Waals surface area contributed by atoms with Gasteiger partial charge >= 0.3 is 29.6 Å². The molecule has 3 saturated carbocycles. The molecule has 5 nitrogen and oxygen atoms in total. The van der Waals surface area contributed by atoms with Gasteiger partial charge in [-0.25, -0.2) is 0 Å². The first kappa shape index (κ1) is 22.8. The van der Waals surface area contributed by atoms with Gasteiger partial charge in [-0.1, -0.05) is 25.3 Å². The summed E-state index contributed by atoms with van der Waals surface area (Å²) in [6, 6.07) is 0. The van der Waals surface area contributed by atoms with Crippen LogP contribution >= 0.6 is 0 Å². The fraction of sp³-hybridized carbons (Fsp3) is 0.792. The zero-order valence-corrected chi connectivity index (χ0v) is 20.5. The Kier molecular flexibility index (Phi) is 5.79. The quantitative estimate of drug-likeness (QED) is 0.314. The zero-order chi connectivity index (χ0) is 20.5. The third-order valence-corrected chi connectivity index (χ3v) is 9.42. The standard InChI is InChI=1S/C24H32O5.Na/c1-21-11-12-24(28-13-14-29-24)15-16(21)3-4-17-18(21)5-8-22(2)19(17)6-9-23(22,27)10-7-20(25)26;/h15,17-19,27H,3-6,8-9,11-14H2,1-2H3,(H,25,26);/q;+1/p-1/t17-,18+,19+,21+,22+,23-;/m1./s1. The van der Waals surface area contributed by atoms with Crippen molar-refractivity contribution in [2.75, 3.05) is 13.2 Å². The summed E-state index contributed by atoms with van der Waals surface area (Å²) in [5.41, 5.74) is 0.103. The SMILES string of the molecule is C[C@]12CCC3(C=C1CC[C@@H]1[C@@H]2CC[C@@]2(C)[C@H]1CC[C@@]2(O)C#CC(=O)[O-])OCCO3.[Na+]. The zero-order valence-electron chi connectivity index (χ0n) is 18.5. The minimum atomic E-state index is -1.41. The molecule has 0 amide bonds. The smallest absolute Gasteiger partial charge is 0.537 e. The van der Waals surface area contributed by atoms with Gasteiger partial charge < -0.3 is 24.5 Å². The van der Waals surface area contributed by atoms with Gasteiger partial charge in [-0.3, -0.25) is 0 Å². The Morgan fingerprint density at radius 2 is 1.80 bits per heavy atom. The molecule has 4 fully saturated rings. The van der Waals surface area contributed by atoms with E-state index in [1.54, 1.807) is 0 Å². The first-order chi connectivity index (χ1) is 13.7. The van der Waals surface area contributed by atoms with Gasteiger partial charge in [0, 0.05) is 11.8 Å². The van der Waals surface area contributed by atoms with Crippen LogP contribution in [-0.2, 0) is 14.3 Å². The number of hydrogen-bond acceptors (Lipinski definition) is 5. The van der Waals surface area contributed by atoms with Crippen LogP contribution in [0.15, 0.2) is 11.6 Å². The molecule has 30 heavy (non-hydrogen) atoms. The molecule has 0 aromatic rings. The molecule has 0 bridgehead atoms. The van der Waals surface area contributed by atoms with Gasteiger partial charge in [-0.05, 0) is 80.1 Å². The molecule has 1 spiro atoms. The van der Waals surface area contributed by atoms with Gasteiger partial charge in [-0.2, -0.15) is 0 Å². The number of carbonyl (C=O) groups is 1. The third kappa shape index (κ3) is 3.17. The van der Waals surface area contributed by atoms with E-state index in [2.05, 4.69) is 31.8 Å². The predicted octanol–water partition coefficient (Wildman–Crippen LogP) is -0.819. The van der Waals surface area contributed by atoms with Crippen molar-refractivity contribution in [1.29, 1.82) is 0 Å². The Hall–Kier alpha value is -0.350. The number of carboxylic acids is 1. The number of aliphatic carboxylic acids is 1. The second-order valence-electron chi connectivity index (χ2n) is 10.4. The number of fused-ring (bicyclic) bond motifs is 5. The average Bonchev–Trinajstić information content (AvgIpc) is 3.24. The Morgan fingerprint density at radius 3 is 2.50 bits per heavy atom. The summed E-state index contributed by atoms with van der Waals surface area (Å²) in [5, 5.41) is 22.2. The maximum atomic E-state index is 11.3. The van der Waals surface area contributed by atoms with Crippen molar-refractivity contribution in [1.82, 2.24) is 0 Å².